The van der Waals surface area contributed by atoms with E-state index in [1.165, 1.54) is 5.56 Å². The Labute approximate surface area is 145 Å². The van der Waals surface area contributed by atoms with Gasteiger partial charge < -0.3 is 29.3 Å². The second-order valence-electron chi connectivity index (χ2n) is 3.70. The van der Waals surface area contributed by atoms with E-state index < -0.39 is 0 Å². The normalized spacial score (nSPS) is 7.95. The van der Waals surface area contributed by atoms with Gasteiger partial charge in [-0.2, -0.15) is 66.7 Å². The molecule has 0 amide bonds. The van der Waals surface area contributed by atoms with Crippen molar-refractivity contribution in [2.24, 2.45) is 0 Å². The molecule has 3 heteroatoms. The van der Waals surface area contributed by atoms with Crippen LogP contribution in [0.2, 0.25) is 0 Å². The van der Waals surface area contributed by atoms with Crippen molar-refractivity contribution in [3.05, 3.63) is 79.7 Å². The van der Waals surface area contributed by atoms with E-state index >= 15 is 0 Å². The molecule has 0 unspecified atom stereocenters. The molecule has 0 bridgehead atoms. The third-order valence-electron chi connectivity index (χ3n) is 1.87. The van der Waals surface area contributed by atoms with E-state index in [1.807, 2.05) is 48.5 Å². The Hall–Kier alpha value is -0.321. The Kier molecular flexibility index (Phi) is 19.7. The van der Waals surface area contributed by atoms with E-state index in [2.05, 4.69) is 37.2 Å². The minimum atomic E-state index is 0. The van der Waals surface area contributed by atoms with Crippen LogP contribution in [0.25, 0.3) is 0 Å². The molecule has 0 fully saturated rings. The standard InChI is InChI=1S/C9H12N.C6H5.CH3.BrH.Sn/c1-10(2)8-9-6-4-3-5-7-9;1-2-4-6-5-3-1;;;/h3-6H,8H2,1-2H3;1-5H;1H3;1H;/q3*-1;;+4/p-1. The molecule has 0 aromatic heterocycles. The number of hydrogen-bond donors (Lipinski definition) is 0. The number of rotatable bonds is 2. The molecular formula is C16H20BrNSn. The Bertz CT molecular complexity index is 338. The predicted molar refractivity (Wildman–Crippen MR) is 80.1 cm³/mol. The SMILES string of the molecule is CN(C)Cc1[c-]cccc1.[Br-].[CH3-].[Sn+4].[c-]1ccccc1. The minimum Gasteiger partial charge on any atom is -1.00 e. The van der Waals surface area contributed by atoms with E-state index in [-0.39, 0.29) is 48.3 Å². The summed E-state index contributed by atoms with van der Waals surface area (Å²) in [5, 5.41) is 0. The van der Waals surface area contributed by atoms with Gasteiger partial charge in [0, 0.05) is 6.54 Å². The van der Waals surface area contributed by atoms with Gasteiger partial charge in [-0.1, -0.05) is 0 Å². The van der Waals surface area contributed by atoms with Gasteiger partial charge in [-0.3, -0.25) is 0 Å². The van der Waals surface area contributed by atoms with E-state index in [9.17, 15) is 0 Å². The van der Waals surface area contributed by atoms with Crippen molar-refractivity contribution in [2.75, 3.05) is 14.1 Å². The minimum absolute atomic E-state index is 0. The molecule has 1 nitrogen and oxygen atoms in total. The molecule has 2 rings (SSSR count). The Morgan fingerprint density at radius 3 is 1.84 bits per heavy atom. The molecule has 0 spiro atoms. The van der Waals surface area contributed by atoms with Gasteiger partial charge in [0.25, 0.3) is 0 Å². The van der Waals surface area contributed by atoms with Crippen molar-refractivity contribution in [2.45, 2.75) is 6.54 Å². The summed E-state index contributed by atoms with van der Waals surface area (Å²) in [6.07, 6.45) is 0. The number of halogens is 1. The summed E-state index contributed by atoms with van der Waals surface area (Å²) in [6, 6.07) is 23.7. The average Bonchev–Trinajstić information content (AvgIpc) is 2.32. The van der Waals surface area contributed by atoms with Crippen molar-refractivity contribution in [3.63, 3.8) is 0 Å². The molecule has 0 aliphatic carbocycles. The molecule has 19 heavy (non-hydrogen) atoms. The molecule has 0 atom stereocenters. The van der Waals surface area contributed by atoms with Gasteiger partial charge >= 0.3 is 23.9 Å². The predicted octanol–water partition coefficient (Wildman–Crippen LogP) is 0.109. The summed E-state index contributed by atoms with van der Waals surface area (Å²) in [5.74, 6) is 0. The maximum absolute atomic E-state index is 3.16. The van der Waals surface area contributed by atoms with Gasteiger partial charge in [0.1, 0.15) is 0 Å². The summed E-state index contributed by atoms with van der Waals surface area (Å²) in [5.41, 5.74) is 1.24. The molecule has 0 N–H and O–H groups in total. The van der Waals surface area contributed by atoms with Crippen molar-refractivity contribution in [1.29, 1.82) is 0 Å². The fraction of sp³-hybridized carbons (Fsp3) is 0.188. The first-order valence-corrected chi connectivity index (χ1v) is 5.30. The summed E-state index contributed by atoms with van der Waals surface area (Å²) in [6.45, 7) is 0.973. The van der Waals surface area contributed by atoms with E-state index in [0.29, 0.717) is 0 Å². The third-order valence-corrected chi connectivity index (χ3v) is 1.87. The maximum atomic E-state index is 3.16. The van der Waals surface area contributed by atoms with Crippen LogP contribution < -0.4 is 17.0 Å². The second kappa shape index (κ2) is 15.7. The molecule has 0 radical (unpaired) electrons. The van der Waals surface area contributed by atoms with Crippen LogP contribution in [0.5, 0.6) is 0 Å². The van der Waals surface area contributed by atoms with E-state index in [1.54, 1.807) is 0 Å². The van der Waals surface area contributed by atoms with Crippen LogP contribution in [-0.2, 0) is 6.54 Å². The number of benzene rings is 2. The van der Waals surface area contributed by atoms with Gasteiger partial charge in [0.05, 0.1) is 0 Å². The van der Waals surface area contributed by atoms with Gasteiger partial charge in [0.15, 0.2) is 0 Å². The van der Waals surface area contributed by atoms with Crippen molar-refractivity contribution >= 4 is 23.9 Å². The van der Waals surface area contributed by atoms with Crippen molar-refractivity contribution < 1.29 is 17.0 Å². The average molecular weight is 425 g/mol. The smallest absolute Gasteiger partial charge is 1.00 e. The second-order valence-corrected chi connectivity index (χ2v) is 3.70. The first-order valence-electron chi connectivity index (χ1n) is 5.30. The van der Waals surface area contributed by atoms with Gasteiger partial charge in [-0.15, -0.1) is 5.56 Å². The summed E-state index contributed by atoms with van der Waals surface area (Å²) in [7, 11) is 4.11. The zero-order valence-electron chi connectivity index (χ0n) is 11.7. The molecule has 0 saturated heterocycles. The topological polar surface area (TPSA) is 3.24 Å². The van der Waals surface area contributed by atoms with E-state index in [4.69, 9.17) is 0 Å². The molecule has 0 saturated carbocycles. The molecule has 100 valence electrons. The van der Waals surface area contributed by atoms with E-state index in [0.717, 1.165) is 6.54 Å². The number of hydrogen-bond acceptors (Lipinski definition) is 1. The Morgan fingerprint density at radius 2 is 1.53 bits per heavy atom. The molecular weight excluding hydrogens is 405 g/mol. The zero-order chi connectivity index (χ0) is 11.6. The van der Waals surface area contributed by atoms with Gasteiger partial charge in [0.2, 0.25) is 0 Å². The first-order chi connectivity index (χ1) is 7.79. The monoisotopic (exact) mass is 425 g/mol. The van der Waals surface area contributed by atoms with Crippen LogP contribution in [0.4, 0.5) is 0 Å². The largest absolute Gasteiger partial charge is 4.00 e. The molecule has 0 heterocycles. The molecule has 2 aromatic carbocycles. The summed E-state index contributed by atoms with van der Waals surface area (Å²) in [4.78, 5) is 2.13. The van der Waals surface area contributed by atoms with Crippen LogP contribution in [0.15, 0.2) is 54.6 Å². The van der Waals surface area contributed by atoms with Crippen LogP contribution in [-0.4, -0.2) is 42.9 Å². The fourth-order valence-corrected chi connectivity index (χ4v) is 1.21. The van der Waals surface area contributed by atoms with Gasteiger partial charge in [-0.05, 0) is 14.1 Å². The summed E-state index contributed by atoms with van der Waals surface area (Å²) >= 11 is 0. The quantitative estimate of drug-likeness (QED) is 0.488. The number of nitrogens with zero attached hydrogens (tertiary/aromatic N) is 1. The van der Waals surface area contributed by atoms with Gasteiger partial charge in [-0.25, -0.2) is 0 Å². The van der Waals surface area contributed by atoms with Crippen LogP contribution >= 0.6 is 0 Å². The molecule has 0 aliphatic rings. The van der Waals surface area contributed by atoms with Crippen LogP contribution in [0.1, 0.15) is 5.56 Å². The molecule has 2 aromatic rings. The van der Waals surface area contributed by atoms with Crippen LogP contribution in [0.3, 0.4) is 0 Å². The maximum Gasteiger partial charge on any atom is 4.00 e. The Morgan fingerprint density at radius 1 is 0.947 bits per heavy atom. The zero-order valence-corrected chi connectivity index (χ0v) is 16.2. The summed E-state index contributed by atoms with van der Waals surface area (Å²) < 4.78 is 0. The van der Waals surface area contributed by atoms with Crippen LogP contribution in [0, 0.1) is 19.6 Å². The fourth-order valence-electron chi connectivity index (χ4n) is 1.21. The Balaban J connectivity index is -0.000000252. The first kappa shape index (κ1) is 23.7. The van der Waals surface area contributed by atoms with Crippen molar-refractivity contribution in [3.8, 4) is 0 Å². The van der Waals surface area contributed by atoms with Crippen molar-refractivity contribution in [1.82, 2.24) is 4.90 Å². The third kappa shape index (κ3) is 13.9. The molecule has 0 aliphatic heterocycles.